The Bertz CT molecular complexity index is 384. The topological polar surface area (TPSA) is 26.3 Å². The van der Waals surface area contributed by atoms with Gasteiger partial charge in [-0.1, -0.05) is 19.3 Å². The fraction of sp³-hybridized carbons (Fsp3) is 0.947. The van der Waals surface area contributed by atoms with Crippen LogP contribution in [0.15, 0.2) is 0 Å². The third kappa shape index (κ3) is 2.53. The summed E-state index contributed by atoms with van der Waals surface area (Å²) in [5, 5.41) is 0. The summed E-state index contributed by atoms with van der Waals surface area (Å²) >= 11 is 0. The van der Waals surface area contributed by atoms with E-state index in [4.69, 9.17) is 4.74 Å². The molecule has 5 aliphatic carbocycles. The molecule has 0 amide bonds. The van der Waals surface area contributed by atoms with Gasteiger partial charge in [0.1, 0.15) is 0 Å². The highest BCUT2D eigenvalue weighted by molar-refractivity contribution is 5.76. The van der Waals surface area contributed by atoms with Crippen LogP contribution in [-0.4, -0.2) is 12.6 Å². The Morgan fingerprint density at radius 3 is 2.00 bits per heavy atom. The van der Waals surface area contributed by atoms with Crippen molar-refractivity contribution in [3.05, 3.63) is 0 Å². The Balaban J connectivity index is 1.39. The lowest BCUT2D eigenvalue weighted by molar-refractivity contribution is -0.167. The molecule has 0 atom stereocenters. The summed E-state index contributed by atoms with van der Waals surface area (Å²) in [7, 11) is 0. The Kier molecular flexibility index (Phi) is 3.35. The van der Waals surface area contributed by atoms with Gasteiger partial charge in [0.25, 0.3) is 0 Å². The second-order valence-corrected chi connectivity index (χ2v) is 9.12. The molecule has 21 heavy (non-hydrogen) atoms. The van der Waals surface area contributed by atoms with Gasteiger partial charge in [0, 0.05) is 5.41 Å². The molecule has 0 aromatic carbocycles. The van der Waals surface area contributed by atoms with Crippen LogP contribution in [0.3, 0.4) is 0 Å². The standard InChI is InChI=1S/C19H30O2/c1-18(5-3-2-4-6-18)17(20)21-13-19-10-14-7-15(11-19)9-16(8-14)12-19/h14-16H,2-13H2,1H3. The fourth-order valence-electron chi connectivity index (χ4n) is 6.40. The molecule has 0 aliphatic heterocycles. The summed E-state index contributed by atoms with van der Waals surface area (Å²) in [5.74, 6) is 2.94. The fourth-order valence-corrected chi connectivity index (χ4v) is 6.40. The van der Waals surface area contributed by atoms with Crippen LogP contribution in [0.25, 0.3) is 0 Å². The van der Waals surface area contributed by atoms with Gasteiger partial charge in [-0.2, -0.15) is 0 Å². The average molecular weight is 290 g/mol. The maximum absolute atomic E-state index is 12.6. The van der Waals surface area contributed by atoms with Gasteiger partial charge in [-0.15, -0.1) is 0 Å². The van der Waals surface area contributed by atoms with E-state index in [2.05, 4.69) is 6.92 Å². The van der Waals surface area contributed by atoms with Gasteiger partial charge < -0.3 is 4.74 Å². The molecule has 2 nitrogen and oxygen atoms in total. The third-order valence-corrected chi connectivity index (χ3v) is 7.12. The summed E-state index contributed by atoms with van der Waals surface area (Å²) in [5.41, 5.74) is 0.190. The Labute approximate surface area is 129 Å². The first-order chi connectivity index (χ1) is 10.1. The Morgan fingerprint density at radius 1 is 0.952 bits per heavy atom. The minimum Gasteiger partial charge on any atom is -0.465 e. The number of carbonyl (C=O) groups is 1. The molecule has 5 aliphatic rings. The second-order valence-electron chi connectivity index (χ2n) is 9.12. The van der Waals surface area contributed by atoms with Crippen molar-refractivity contribution < 1.29 is 9.53 Å². The molecule has 2 heteroatoms. The number of hydrogen-bond acceptors (Lipinski definition) is 2. The van der Waals surface area contributed by atoms with E-state index < -0.39 is 0 Å². The van der Waals surface area contributed by atoms with Gasteiger partial charge >= 0.3 is 5.97 Å². The lowest BCUT2D eigenvalue weighted by Crippen LogP contribution is -2.49. The summed E-state index contributed by atoms with van der Waals surface area (Å²) in [6.45, 7) is 2.86. The van der Waals surface area contributed by atoms with E-state index in [1.165, 1.54) is 57.8 Å². The molecule has 0 unspecified atom stereocenters. The van der Waals surface area contributed by atoms with Crippen molar-refractivity contribution in [1.29, 1.82) is 0 Å². The molecule has 0 N–H and O–H groups in total. The van der Waals surface area contributed by atoms with E-state index in [0.717, 1.165) is 37.2 Å². The number of ether oxygens (including phenoxy) is 1. The third-order valence-electron chi connectivity index (χ3n) is 7.12. The molecule has 0 radical (unpaired) electrons. The largest absolute Gasteiger partial charge is 0.465 e. The van der Waals surface area contributed by atoms with E-state index in [1.54, 1.807) is 0 Å². The van der Waals surface area contributed by atoms with Crippen LogP contribution in [0.5, 0.6) is 0 Å². The summed E-state index contributed by atoms with van der Waals surface area (Å²) in [6, 6.07) is 0. The molecule has 5 rings (SSSR count). The first-order valence-electron chi connectivity index (χ1n) is 9.24. The highest BCUT2D eigenvalue weighted by atomic mass is 16.5. The first-order valence-corrected chi connectivity index (χ1v) is 9.24. The summed E-state index contributed by atoms with van der Waals surface area (Å²) in [6.07, 6.45) is 14.2. The Morgan fingerprint density at radius 2 is 1.48 bits per heavy atom. The van der Waals surface area contributed by atoms with Crippen LogP contribution >= 0.6 is 0 Å². The first kappa shape index (κ1) is 14.1. The number of rotatable bonds is 3. The highest BCUT2D eigenvalue weighted by Gasteiger charge is 2.51. The molecule has 118 valence electrons. The molecule has 0 aromatic rings. The van der Waals surface area contributed by atoms with Crippen molar-refractivity contribution in [2.45, 2.75) is 77.6 Å². The zero-order chi connectivity index (χ0) is 14.5. The van der Waals surface area contributed by atoms with Crippen molar-refractivity contribution >= 4 is 5.97 Å². The molecule has 0 heterocycles. The highest BCUT2D eigenvalue weighted by Crippen LogP contribution is 2.60. The van der Waals surface area contributed by atoms with Crippen molar-refractivity contribution in [2.75, 3.05) is 6.61 Å². The van der Waals surface area contributed by atoms with Crippen molar-refractivity contribution in [2.24, 2.45) is 28.6 Å². The average Bonchev–Trinajstić information content (AvgIpc) is 2.44. The molecule has 5 saturated carbocycles. The monoisotopic (exact) mass is 290 g/mol. The second kappa shape index (κ2) is 4.99. The van der Waals surface area contributed by atoms with Crippen LogP contribution in [0.2, 0.25) is 0 Å². The number of hydrogen-bond donors (Lipinski definition) is 0. The zero-order valence-electron chi connectivity index (χ0n) is 13.5. The lowest BCUT2D eigenvalue weighted by Gasteiger charge is -2.56. The molecule has 4 bridgehead atoms. The lowest BCUT2D eigenvalue weighted by atomic mass is 9.50. The van der Waals surface area contributed by atoms with Crippen molar-refractivity contribution in [3.8, 4) is 0 Å². The smallest absolute Gasteiger partial charge is 0.311 e. The van der Waals surface area contributed by atoms with Crippen molar-refractivity contribution in [1.82, 2.24) is 0 Å². The van der Waals surface area contributed by atoms with Crippen LogP contribution in [0, 0.1) is 28.6 Å². The van der Waals surface area contributed by atoms with Crippen LogP contribution in [0.1, 0.15) is 77.6 Å². The van der Waals surface area contributed by atoms with Gasteiger partial charge in [0.05, 0.1) is 12.0 Å². The minimum absolute atomic E-state index is 0.109. The number of carbonyl (C=O) groups excluding carboxylic acids is 1. The summed E-state index contributed by atoms with van der Waals surface area (Å²) < 4.78 is 5.93. The maximum Gasteiger partial charge on any atom is 0.311 e. The Hall–Kier alpha value is -0.530. The van der Waals surface area contributed by atoms with Gasteiger partial charge in [0.2, 0.25) is 0 Å². The normalized spacial score (nSPS) is 43.8. The van der Waals surface area contributed by atoms with E-state index in [0.29, 0.717) is 5.41 Å². The van der Waals surface area contributed by atoms with Crippen LogP contribution in [0.4, 0.5) is 0 Å². The van der Waals surface area contributed by atoms with Gasteiger partial charge in [-0.3, -0.25) is 4.79 Å². The zero-order valence-corrected chi connectivity index (χ0v) is 13.5. The van der Waals surface area contributed by atoms with Crippen molar-refractivity contribution in [3.63, 3.8) is 0 Å². The predicted molar refractivity (Wildman–Crippen MR) is 82.8 cm³/mol. The predicted octanol–water partition coefficient (Wildman–Crippen LogP) is 4.72. The SMILES string of the molecule is CC1(C(=O)OCC23CC4CC(CC(C4)C2)C3)CCCCC1. The van der Waals surface area contributed by atoms with Gasteiger partial charge in [0.15, 0.2) is 0 Å². The van der Waals surface area contributed by atoms with E-state index >= 15 is 0 Å². The molecule has 5 fully saturated rings. The summed E-state index contributed by atoms with van der Waals surface area (Å²) in [4.78, 5) is 12.6. The van der Waals surface area contributed by atoms with Gasteiger partial charge in [-0.25, -0.2) is 0 Å². The van der Waals surface area contributed by atoms with E-state index in [9.17, 15) is 4.79 Å². The van der Waals surface area contributed by atoms with Gasteiger partial charge in [-0.05, 0) is 76.0 Å². The molecular weight excluding hydrogens is 260 g/mol. The minimum atomic E-state index is -0.180. The van der Waals surface area contributed by atoms with E-state index in [-0.39, 0.29) is 11.4 Å². The molecule has 0 spiro atoms. The number of esters is 1. The molecule has 0 saturated heterocycles. The van der Waals surface area contributed by atoms with Crippen LogP contribution < -0.4 is 0 Å². The molecular formula is C19H30O2. The van der Waals surface area contributed by atoms with E-state index in [1.807, 2.05) is 0 Å². The quantitative estimate of drug-likeness (QED) is 0.703. The van der Waals surface area contributed by atoms with Crippen LogP contribution in [-0.2, 0) is 9.53 Å². The molecule has 0 aromatic heterocycles. The maximum atomic E-state index is 12.6.